The topological polar surface area (TPSA) is 68.0 Å². The normalized spacial score (nSPS) is 11.8. The summed E-state index contributed by atoms with van der Waals surface area (Å²) in [5.74, 6) is 0.291. The molecule has 150 valence electrons. The lowest BCUT2D eigenvalue weighted by Crippen LogP contribution is -2.22. The van der Waals surface area contributed by atoms with Crippen LogP contribution < -0.4 is 5.32 Å². The van der Waals surface area contributed by atoms with E-state index in [2.05, 4.69) is 31.4 Å². The molecule has 0 spiro atoms. The molecule has 7 heteroatoms. The molecule has 1 aromatic heterocycles. The van der Waals surface area contributed by atoms with Gasteiger partial charge < -0.3 is 9.73 Å². The lowest BCUT2D eigenvalue weighted by molar-refractivity contribution is -0.115. The second-order valence-corrected chi connectivity index (χ2v) is 8.75. The SMILES string of the molecule is CC(Sc1nnc(-c2ccc(Br)cc2)o1)C(=O)Nc1ccccc1-c1ccccc1. The van der Waals surface area contributed by atoms with Gasteiger partial charge in [-0.2, -0.15) is 0 Å². The Morgan fingerprint density at radius 3 is 2.40 bits per heavy atom. The average Bonchev–Trinajstić information content (AvgIpc) is 3.23. The van der Waals surface area contributed by atoms with Crippen molar-refractivity contribution in [2.45, 2.75) is 17.4 Å². The summed E-state index contributed by atoms with van der Waals surface area (Å²) in [5, 5.41) is 11.1. The Hall–Kier alpha value is -2.90. The third kappa shape index (κ3) is 4.80. The van der Waals surface area contributed by atoms with Crippen LogP contribution in [0.15, 0.2) is 93.0 Å². The predicted molar refractivity (Wildman–Crippen MR) is 123 cm³/mol. The van der Waals surface area contributed by atoms with Gasteiger partial charge in [-0.3, -0.25) is 4.79 Å². The maximum atomic E-state index is 12.8. The Morgan fingerprint density at radius 2 is 1.63 bits per heavy atom. The molecule has 1 atom stereocenters. The fourth-order valence-corrected chi connectivity index (χ4v) is 3.81. The van der Waals surface area contributed by atoms with Gasteiger partial charge in [-0.1, -0.05) is 76.2 Å². The number of anilines is 1. The molecule has 0 saturated carbocycles. The van der Waals surface area contributed by atoms with Crippen LogP contribution >= 0.6 is 27.7 Å². The maximum absolute atomic E-state index is 12.8. The van der Waals surface area contributed by atoms with Gasteiger partial charge in [-0.25, -0.2) is 0 Å². The number of amides is 1. The Kier molecular flexibility index (Phi) is 6.30. The molecule has 0 aliphatic heterocycles. The number of carbonyl (C=O) groups excluding carboxylic acids is 1. The van der Waals surface area contributed by atoms with Crippen LogP contribution in [0.4, 0.5) is 5.69 Å². The van der Waals surface area contributed by atoms with Crippen molar-refractivity contribution in [3.05, 3.63) is 83.3 Å². The molecule has 0 radical (unpaired) electrons. The number of halogens is 1. The van der Waals surface area contributed by atoms with Crippen molar-refractivity contribution in [3.63, 3.8) is 0 Å². The van der Waals surface area contributed by atoms with Gasteiger partial charge in [-0.05, 0) is 42.8 Å². The van der Waals surface area contributed by atoms with Gasteiger partial charge in [0.2, 0.25) is 11.8 Å². The number of nitrogens with zero attached hydrogens (tertiary/aromatic N) is 2. The molecule has 30 heavy (non-hydrogen) atoms. The molecule has 4 rings (SSSR count). The zero-order valence-electron chi connectivity index (χ0n) is 16.1. The molecule has 0 saturated heterocycles. The monoisotopic (exact) mass is 479 g/mol. The molecular formula is C23H18BrN3O2S. The van der Waals surface area contributed by atoms with E-state index in [9.17, 15) is 4.79 Å². The van der Waals surface area contributed by atoms with E-state index < -0.39 is 5.25 Å². The largest absolute Gasteiger partial charge is 0.411 e. The van der Waals surface area contributed by atoms with Crippen molar-refractivity contribution < 1.29 is 9.21 Å². The second-order valence-electron chi connectivity index (χ2n) is 6.54. The van der Waals surface area contributed by atoms with Crippen molar-refractivity contribution in [3.8, 4) is 22.6 Å². The summed E-state index contributed by atoms with van der Waals surface area (Å²) < 4.78 is 6.69. The van der Waals surface area contributed by atoms with Gasteiger partial charge in [0.25, 0.3) is 5.22 Å². The van der Waals surface area contributed by atoms with Crippen molar-refractivity contribution in [1.82, 2.24) is 10.2 Å². The number of thioether (sulfide) groups is 1. The van der Waals surface area contributed by atoms with Crippen molar-refractivity contribution in [2.24, 2.45) is 0 Å². The lowest BCUT2D eigenvalue weighted by atomic mass is 10.0. The Bertz CT molecular complexity index is 1150. The zero-order valence-corrected chi connectivity index (χ0v) is 18.5. The van der Waals surface area contributed by atoms with E-state index in [1.54, 1.807) is 0 Å². The Morgan fingerprint density at radius 1 is 0.933 bits per heavy atom. The van der Waals surface area contributed by atoms with E-state index in [1.165, 1.54) is 11.8 Å². The fraction of sp³-hybridized carbons (Fsp3) is 0.0870. The van der Waals surface area contributed by atoms with Crippen LogP contribution in [0.25, 0.3) is 22.6 Å². The van der Waals surface area contributed by atoms with Gasteiger partial charge in [-0.15, -0.1) is 10.2 Å². The van der Waals surface area contributed by atoms with Crippen LogP contribution in [0.2, 0.25) is 0 Å². The summed E-state index contributed by atoms with van der Waals surface area (Å²) in [7, 11) is 0. The van der Waals surface area contributed by atoms with Crippen LogP contribution in [-0.2, 0) is 4.79 Å². The van der Waals surface area contributed by atoms with Crippen molar-refractivity contribution in [2.75, 3.05) is 5.32 Å². The highest BCUT2D eigenvalue weighted by atomic mass is 79.9. The third-order valence-corrected chi connectivity index (χ3v) is 5.88. The minimum atomic E-state index is -0.410. The molecule has 0 aliphatic carbocycles. The Balaban J connectivity index is 1.45. The highest BCUT2D eigenvalue weighted by Crippen LogP contribution is 2.30. The molecule has 0 bridgehead atoms. The molecule has 5 nitrogen and oxygen atoms in total. The molecule has 3 aromatic carbocycles. The third-order valence-electron chi connectivity index (χ3n) is 4.41. The maximum Gasteiger partial charge on any atom is 0.277 e. The first-order chi connectivity index (χ1) is 14.6. The number of aromatic nitrogens is 2. The average molecular weight is 480 g/mol. The molecule has 1 amide bonds. The van der Waals surface area contributed by atoms with E-state index in [4.69, 9.17) is 4.42 Å². The van der Waals surface area contributed by atoms with Crippen LogP contribution in [0.3, 0.4) is 0 Å². The Labute approximate surface area is 187 Å². The predicted octanol–water partition coefficient (Wildman–Crippen LogP) is 6.29. The highest BCUT2D eigenvalue weighted by molar-refractivity contribution is 9.10. The highest BCUT2D eigenvalue weighted by Gasteiger charge is 2.20. The number of rotatable bonds is 6. The van der Waals surface area contributed by atoms with Crippen molar-refractivity contribution >= 4 is 39.3 Å². The van der Waals surface area contributed by atoms with Crippen LogP contribution in [0, 0.1) is 0 Å². The number of hydrogen-bond acceptors (Lipinski definition) is 5. The van der Waals surface area contributed by atoms with E-state index in [-0.39, 0.29) is 5.91 Å². The van der Waals surface area contributed by atoms with E-state index in [0.29, 0.717) is 11.1 Å². The van der Waals surface area contributed by atoms with Gasteiger partial charge in [0.15, 0.2) is 0 Å². The fourth-order valence-electron chi connectivity index (χ4n) is 2.87. The molecule has 0 fully saturated rings. The summed E-state index contributed by atoms with van der Waals surface area (Å²) in [6, 6.07) is 25.3. The molecule has 4 aromatic rings. The second kappa shape index (κ2) is 9.28. The van der Waals surface area contributed by atoms with Gasteiger partial charge in [0.1, 0.15) is 0 Å². The van der Waals surface area contributed by atoms with Crippen LogP contribution in [-0.4, -0.2) is 21.4 Å². The summed E-state index contributed by atoms with van der Waals surface area (Å²) in [5.41, 5.74) is 3.61. The lowest BCUT2D eigenvalue weighted by Gasteiger charge is -2.14. The molecule has 0 aliphatic rings. The van der Waals surface area contributed by atoms with Gasteiger partial charge in [0, 0.05) is 21.3 Å². The van der Waals surface area contributed by atoms with E-state index in [0.717, 1.165) is 26.9 Å². The van der Waals surface area contributed by atoms with E-state index in [1.807, 2.05) is 85.8 Å². The number of benzene rings is 3. The van der Waals surface area contributed by atoms with E-state index >= 15 is 0 Å². The van der Waals surface area contributed by atoms with Crippen molar-refractivity contribution in [1.29, 1.82) is 0 Å². The molecule has 1 heterocycles. The minimum Gasteiger partial charge on any atom is -0.411 e. The molecule has 1 unspecified atom stereocenters. The summed E-state index contributed by atoms with van der Waals surface area (Å²) in [6.07, 6.45) is 0. The smallest absolute Gasteiger partial charge is 0.277 e. The molecule has 1 N–H and O–H groups in total. The first-order valence-electron chi connectivity index (χ1n) is 9.31. The quantitative estimate of drug-likeness (QED) is 0.329. The van der Waals surface area contributed by atoms with Crippen LogP contribution in [0.5, 0.6) is 0 Å². The number of hydrogen-bond donors (Lipinski definition) is 1. The molecular weight excluding hydrogens is 462 g/mol. The number of para-hydroxylation sites is 1. The van der Waals surface area contributed by atoms with Gasteiger partial charge >= 0.3 is 0 Å². The zero-order chi connectivity index (χ0) is 20.9. The standard InChI is InChI=1S/C23H18BrN3O2S/c1-15(30-23-27-26-22(29-23)17-11-13-18(24)14-12-17)21(28)25-20-10-6-5-9-19(20)16-7-3-2-4-8-16/h2-15H,1H3,(H,25,28). The first kappa shape index (κ1) is 20.4. The summed E-state index contributed by atoms with van der Waals surface area (Å²) in [6.45, 7) is 1.81. The number of nitrogens with one attached hydrogen (secondary N) is 1. The first-order valence-corrected chi connectivity index (χ1v) is 11.0. The summed E-state index contributed by atoms with van der Waals surface area (Å²) in [4.78, 5) is 12.8. The minimum absolute atomic E-state index is 0.133. The van der Waals surface area contributed by atoms with Crippen LogP contribution in [0.1, 0.15) is 6.92 Å². The van der Waals surface area contributed by atoms with Gasteiger partial charge in [0.05, 0.1) is 5.25 Å². The number of carbonyl (C=O) groups is 1. The summed E-state index contributed by atoms with van der Waals surface area (Å²) >= 11 is 4.63.